The number of amides is 1. The van der Waals surface area contributed by atoms with Crippen molar-refractivity contribution >= 4 is 5.91 Å². The predicted octanol–water partition coefficient (Wildman–Crippen LogP) is 0.992. The number of alkyl halides is 3. The monoisotopic (exact) mass is 212 g/mol. The lowest BCUT2D eigenvalue weighted by atomic mass is 10.1. The van der Waals surface area contributed by atoms with Crippen molar-refractivity contribution in [2.24, 2.45) is 11.7 Å². The van der Waals surface area contributed by atoms with Gasteiger partial charge < -0.3 is 10.6 Å². The number of nitrogens with two attached hydrogens (primary N) is 1. The van der Waals surface area contributed by atoms with E-state index in [1.165, 1.54) is 0 Å². The van der Waals surface area contributed by atoms with Gasteiger partial charge in [-0.05, 0) is 13.0 Å². The van der Waals surface area contributed by atoms with Crippen LogP contribution in [0.3, 0.4) is 0 Å². The number of hydrogen-bond acceptors (Lipinski definition) is 2. The largest absolute Gasteiger partial charge is 0.406 e. The molecule has 0 radical (unpaired) electrons. The van der Waals surface area contributed by atoms with Gasteiger partial charge in [0.1, 0.15) is 6.54 Å². The Morgan fingerprint density at radius 3 is 2.36 bits per heavy atom. The van der Waals surface area contributed by atoms with Crippen LogP contribution in [0, 0.1) is 5.92 Å². The Morgan fingerprint density at radius 1 is 1.50 bits per heavy atom. The maximum atomic E-state index is 11.9. The topological polar surface area (TPSA) is 46.3 Å². The minimum Gasteiger partial charge on any atom is -0.336 e. The Labute approximate surface area is 81.1 Å². The van der Waals surface area contributed by atoms with Crippen molar-refractivity contribution in [3.8, 4) is 0 Å². The zero-order valence-corrected chi connectivity index (χ0v) is 8.27. The summed E-state index contributed by atoms with van der Waals surface area (Å²) in [6, 6.07) is 0. The van der Waals surface area contributed by atoms with E-state index in [-0.39, 0.29) is 0 Å². The molecule has 2 N–H and O–H groups in total. The third-order valence-electron chi connectivity index (χ3n) is 1.81. The average molecular weight is 212 g/mol. The van der Waals surface area contributed by atoms with Crippen molar-refractivity contribution in [1.82, 2.24) is 4.90 Å². The van der Waals surface area contributed by atoms with Crippen LogP contribution in [0.25, 0.3) is 0 Å². The van der Waals surface area contributed by atoms with Gasteiger partial charge in [-0.15, -0.1) is 0 Å². The number of carbonyl (C=O) groups excluding carboxylic acids is 1. The number of carbonyl (C=O) groups is 1. The van der Waals surface area contributed by atoms with Crippen molar-refractivity contribution in [1.29, 1.82) is 0 Å². The van der Waals surface area contributed by atoms with E-state index in [0.29, 0.717) is 17.9 Å². The fraction of sp³-hybridized carbons (Fsp3) is 0.875. The first kappa shape index (κ1) is 13.2. The molecule has 14 heavy (non-hydrogen) atoms. The lowest BCUT2D eigenvalue weighted by Gasteiger charge is -2.22. The molecule has 0 aromatic rings. The Kier molecular flexibility index (Phi) is 4.90. The first-order chi connectivity index (χ1) is 6.28. The highest BCUT2D eigenvalue weighted by molar-refractivity contribution is 5.78. The fourth-order valence-electron chi connectivity index (χ4n) is 1.10. The van der Waals surface area contributed by atoms with E-state index in [1.807, 2.05) is 0 Å². The first-order valence-electron chi connectivity index (χ1n) is 4.29. The Balaban J connectivity index is 4.12. The highest BCUT2D eigenvalue weighted by Gasteiger charge is 2.32. The van der Waals surface area contributed by atoms with Crippen molar-refractivity contribution in [2.45, 2.75) is 19.5 Å². The maximum absolute atomic E-state index is 11.9. The molecule has 1 amide bonds. The highest BCUT2D eigenvalue weighted by atomic mass is 19.4. The molecule has 6 heteroatoms. The summed E-state index contributed by atoms with van der Waals surface area (Å²) in [5.74, 6) is -0.972. The van der Waals surface area contributed by atoms with Crippen molar-refractivity contribution < 1.29 is 18.0 Å². The summed E-state index contributed by atoms with van der Waals surface area (Å²) >= 11 is 0. The summed E-state index contributed by atoms with van der Waals surface area (Å²) in [5.41, 5.74) is 5.20. The van der Waals surface area contributed by atoms with Crippen LogP contribution in [0.1, 0.15) is 13.3 Å². The van der Waals surface area contributed by atoms with Gasteiger partial charge in [-0.2, -0.15) is 13.2 Å². The van der Waals surface area contributed by atoms with E-state index < -0.39 is 24.5 Å². The van der Waals surface area contributed by atoms with Crippen LogP contribution in [-0.4, -0.2) is 37.1 Å². The van der Waals surface area contributed by atoms with E-state index in [9.17, 15) is 18.0 Å². The normalized spacial score (nSPS) is 13.9. The number of halogens is 3. The summed E-state index contributed by atoms with van der Waals surface area (Å²) in [5, 5.41) is 0. The summed E-state index contributed by atoms with van der Waals surface area (Å²) in [6.45, 7) is 0.662. The molecule has 0 bridgehead atoms. The van der Waals surface area contributed by atoms with Gasteiger partial charge in [-0.25, -0.2) is 0 Å². The Bertz CT molecular complexity index is 194. The van der Waals surface area contributed by atoms with Crippen LogP contribution in [0.5, 0.6) is 0 Å². The van der Waals surface area contributed by atoms with Crippen LogP contribution in [0.2, 0.25) is 0 Å². The van der Waals surface area contributed by atoms with Gasteiger partial charge in [0.2, 0.25) is 5.91 Å². The maximum Gasteiger partial charge on any atom is 0.406 e. The summed E-state index contributed by atoms with van der Waals surface area (Å²) in [4.78, 5) is 12.0. The molecule has 1 atom stereocenters. The molecular weight excluding hydrogens is 197 g/mol. The van der Waals surface area contributed by atoms with Gasteiger partial charge >= 0.3 is 6.18 Å². The van der Waals surface area contributed by atoms with Crippen molar-refractivity contribution in [2.75, 3.05) is 20.1 Å². The molecule has 0 aliphatic rings. The standard InChI is InChI=1S/C8H15F3N2O/c1-6(3-4-12)7(14)13(2)5-8(9,10)11/h6H,3-5,12H2,1-2H3. The van der Waals surface area contributed by atoms with Crippen molar-refractivity contribution in [3.63, 3.8) is 0 Å². The molecule has 0 spiro atoms. The number of rotatable bonds is 4. The molecule has 0 aromatic carbocycles. The SMILES string of the molecule is CC(CCN)C(=O)N(C)CC(F)(F)F. The van der Waals surface area contributed by atoms with E-state index in [0.717, 1.165) is 7.05 Å². The number of hydrogen-bond donors (Lipinski definition) is 1. The van der Waals surface area contributed by atoms with Gasteiger partial charge in [0.25, 0.3) is 0 Å². The molecule has 0 rings (SSSR count). The average Bonchev–Trinajstić information content (AvgIpc) is 2.00. The lowest BCUT2D eigenvalue weighted by molar-refractivity contribution is -0.160. The van der Waals surface area contributed by atoms with Crippen molar-refractivity contribution in [3.05, 3.63) is 0 Å². The van der Waals surface area contributed by atoms with Gasteiger partial charge in [0, 0.05) is 13.0 Å². The molecule has 0 saturated heterocycles. The van der Waals surface area contributed by atoms with Crippen LogP contribution in [-0.2, 0) is 4.79 Å². The molecule has 0 fully saturated rings. The zero-order valence-electron chi connectivity index (χ0n) is 8.27. The van der Waals surface area contributed by atoms with Gasteiger partial charge in [0.05, 0.1) is 0 Å². The van der Waals surface area contributed by atoms with E-state index in [2.05, 4.69) is 0 Å². The first-order valence-corrected chi connectivity index (χ1v) is 4.29. The predicted molar refractivity (Wildman–Crippen MR) is 46.5 cm³/mol. The molecule has 0 aromatic heterocycles. The molecule has 1 unspecified atom stereocenters. The minimum atomic E-state index is -4.34. The zero-order chi connectivity index (χ0) is 11.4. The second kappa shape index (κ2) is 5.19. The smallest absolute Gasteiger partial charge is 0.336 e. The van der Waals surface area contributed by atoms with Gasteiger partial charge in [-0.1, -0.05) is 6.92 Å². The molecule has 0 heterocycles. The third-order valence-corrected chi connectivity index (χ3v) is 1.81. The van der Waals surface area contributed by atoms with E-state index in [4.69, 9.17) is 5.73 Å². The number of nitrogens with zero attached hydrogens (tertiary/aromatic N) is 1. The quantitative estimate of drug-likeness (QED) is 0.755. The fourth-order valence-corrected chi connectivity index (χ4v) is 1.10. The molecule has 84 valence electrons. The van der Waals surface area contributed by atoms with Crippen LogP contribution in [0.4, 0.5) is 13.2 Å². The van der Waals surface area contributed by atoms with Gasteiger partial charge in [0.15, 0.2) is 0 Å². The van der Waals surface area contributed by atoms with Crippen LogP contribution >= 0.6 is 0 Å². The van der Waals surface area contributed by atoms with E-state index in [1.54, 1.807) is 6.92 Å². The molecule has 0 aliphatic carbocycles. The van der Waals surface area contributed by atoms with Crippen LogP contribution < -0.4 is 5.73 Å². The lowest BCUT2D eigenvalue weighted by Crippen LogP contribution is -2.39. The Hall–Kier alpha value is -0.780. The highest BCUT2D eigenvalue weighted by Crippen LogP contribution is 2.17. The summed E-state index contributed by atoms with van der Waals surface area (Å²) in [7, 11) is 1.14. The molecule has 0 saturated carbocycles. The van der Waals surface area contributed by atoms with Gasteiger partial charge in [-0.3, -0.25) is 4.79 Å². The second-order valence-corrected chi connectivity index (χ2v) is 3.29. The van der Waals surface area contributed by atoms with Crippen LogP contribution in [0.15, 0.2) is 0 Å². The van der Waals surface area contributed by atoms with E-state index >= 15 is 0 Å². The third kappa shape index (κ3) is 5.06. The molecular formula is C8H15F3N2O. The second-order valence-electron chi connectivity index (χ2n) is 3.29. The molecule has 3 nitrogen and oxygen atoms in total. The summed E-state index contributed by atoms with van der Waals surface area (Å²) in [6.07, 6.45) is -3.94. The molecule has 0 aliphatic heterocycles. The minimum absolute atomic E-state index is 0.298. The summed E-state index contributed by atoms with van der Waals surface area (Å²) < 4.78 is 35.7. The Morgan fingerprint density at radius 2 is 2.00 bits per heavy atom.